The third-order valence-electron chi connectivity index (χ3n) is 3.56. The Hall–Kier alpha value is -0.380. The molecule has 0 aromatic rings. The first-order valence-corrected chi connectivity index (χ1v) is 6.10. The van der Waals surface area contributed by atoms with Crippen molar-refractivity contribution in [3.05, 3.63) is 12.2 Å². The van der Waals surface area contributed by atoms with Crippen LogP contribution in [0.2, 0.25) is 0 Å². The van der Waals surface area contributed by atoms with Crippen LogP contribution in [0.1, 0.15) is 33.1 Å². The van der Waals surface area contributed by atoms with Gasteiger partial charge in [-0.2, -0.15) is 0 Å². The first-order valence-electron chi connectivity index (χ1n) is 6.10. The van der Waals surface area contributed by atoms with Gasteiger partial charge >= 0.3 is 0 Å². The molecule has 3 nitrogen and oxygen atoms in total. The van der Waals surface area contributed by atoms with Crippen molar-refractivity contribution in [3.63, 3.8) is 0 Å². The van der Waals surface area contributed by atoms with Crippen LogP contribution in [0.4, 0.5) is 0 Å². The summed E-state index contributed by atoms with van der Waals surface area (Å²) in [6.45, 7) is 9.63. The van der Waals surface area contributed by atoms with Crippen molar-refractivity contribution in [1.82, 2.24) is 0 Å². The zero-order valence-corrected chi connectivity index (χ0v) is 10.8. The van der Waals surface area contributed by atoms with Gasteiger partial charge < -0.3 is 15.2 Å². The summed E-state index contributed by atoms with van der Waals surface area (Å²) in [6.07, 6.45) is 2.97. The van der Waals surface area contributed by atoms with Gasteiger partial charge in [0.2, 0.25) is 0 Å². The van der Waals surface area contributed by atoms with Crippen molar-refractivity contribution in [2.45, 2.75) is 44.8 Å². The Balaban J connectivity index is 2.68. The van der Waals surface area contributed by atoms with Gasteiger partial charge in [0.15, 0.2) is 0 Å². The summed E-state index contributed by atoms with van der Waals surface area (Å²) < 4.78 is 11.2. The topological polar surface area (TPSA) is 44.5 Å². The number of nitrogens with two attached hydrogens (primary N) is 1. The van der Waals surface area contributed by atoms with Crippen LogP contribution < -0.4 is 5.73 Å². The Labute approximate surface area is 99.0 Å². The van der Waals surface area contributed by atoms with Crippen LogP contribution in [-0.4, -0.2) is 32.0 Å². The number of methoxy groups -OCH3 is 1. The van der Waals surface area contributed by atoms with Gasteiger partial charge in [-0.05, 0) is 25.3 Å². The molecule has 0 aromatic heterocycles. The zero-order valence-electron chi connectivity index (χ0n) is 10.8. The van der Waals surface area contributed by atoms with Gasteiger partial charge in [-0.15, -0.1) is 0 Å². The van der Waals surface area contributed by atoms with Gasteiger partial charge in [0.05, 0.1) is 18.8 Å². The largest absolute Gasteiger partial charge is 0.384 e. The Bertz CT molecular complexity index is 242. The van der Waals surface area contributed by atoms with Crippen LogP contribution in [0.25, 0.3) is 0 Å². The summed E-state index contributed by atoms with van der Waals surface area (Å²) in [4.78, 5) is 0. The Morgan fingerprint density at radius 1 is 1.62 bits per heavy atom. The maximum Gasteiger partial charge on any atom is 0.0901 e. The van der Waals surface area contributed by atoms with E-state index >= 15 is 0 Å². The molecule has 2 N–H and O–H groups in total. The highest BCUT2D eigenvalue weighted by Gasteiger charge is 2.40. The molecule has 0 aromatic carbocycles. The average molecular weight is 227 g/mol. The van der Waals surface area contributed by atoms with Crippen LogP contribution in [0, 0.1) is 5.92 Å². The average Bonchev–Trinajstić information content (AvgIpc) is 2.22. The van der Waals surface area contributed by atoms with E-state index in [2.05, 4.69) is 13.5 Å². The Kier molecular flexibility index (Phi) is 4.96. The molecule has 3 unspecified atom stereocenters. The van der Waals surface area contributed by atoms with Crippen molar-refractivity contribution in [3.8, 4) is 0 Å². The van der Waals surface area contributed by atoms with Gasteiger partial charge in [0.25, 0.3) is 0 Å². The lowest BCUT2D eigenvalue weighted by molar-refractivity contribution is -0.100. The standard InChI is InChI=1S/C13H25NO2/c1-5-6-13(10(2)3)7-12(14)11(8-15-4)9-16-13/h11-12H,2,5-9,14H2,1,3-4H3. The molecule has 3 atom stereocenters. The number of rotatable bonds is 5. The summed E-state index contributed by atoms with van der Waals surface area (Å²) >= 11 is 0. The predicted molar refractivity (Wildman–Crippen MR) is 66.4 cm³/mol. The lowest BCUT2D eigenvalue weighted by Crippen LogP contribution is -2.51. The van der Waals surface area contributed by atoms with E-state index in [9.17, 15) is 0 Å². The highest BCUT2D eigenvalue weighted by atomic mass is 16.5. The van der Waals surface area contributed by atoms with Crippen molar-refractivity contribution in [2.75, 3.05) is 20.3 Å². The second-order valence-electron chi connectivity index (χ2n) is 4.92. The van der Waals surface area contributed by atoms with Crippen molar-refractivity contribution >= 4 is 0 Å². The number of ether oxygens (including phenoxy) is 2. The predicted octanol–water partition coefficient (Wildman–Crippen LogP) is 2.11. The summed E-state index contributed by atoms with van der Waals surface area (Å²) in [7, 11) is 1.71. The normalized spacial score (nSPS) is 35.0. The molecule has 1 heterocycles. The van der Waals surface area contributed by atoms with Crippen LogP contribution in [-0.2, 0) is 9.47 Å². The third kappa shape index (κ3) is 2.84. The molecule has 1 rings (SSSR count). The fraction of sp³-hybridized carbons (Fsp3) is 0.846. The molecule has 1 aliphatic heterocycles. The van der Waals surface area contributed by atoms with Crippen LogP contribution in [0.3, 0.4) is 0 Å². The summed E-state index contributed by atoms with van der Waals surface area (Å²) in [5, 5.41) is 0. The van der Waals surface area contributed by atoms with Gasteiger partial charge in [-0.1, -0.05) is 19.9 Å². The molecule has 0 saturated carbocycles. The Morgan fingerprint density at radius 3 is 2.75 bits per heavy atom. The first-order chi connectivity index (χ1) is 7.55. The minimum atomic E-state index is -0.196. The van der Waals surface area contributed by atoms with Crippen LogP contribution in [0.15, 0.2) is 12.2 Å². The molecule has 1 saturated heterocycles. The van der Waals surface area contributed by atoms with E-state index in [1.807, 2.05) is 6.92 Å². The van der Waals surface area contributed by atoms with E-state index in [0.29, 0.717) is 19.1 Å². The van der Waals surface area contributed by atoms with Gasteiger partial charge in [0.1, 0.15) is 0 Å². The van der Waals surface area contributed by atoms with E-state index in [1.54, 1.807) is 7.11 Å². The number of hydrogen-bond acceptors (Lipinski definition) is 3. The molecular weight excluding hydrogens is 202 g/mol. The monoisotopic (exact) mass is 227 g/mol. The molecule has 0 aliphatic carbocycles. The lowest BCUT2D eigenvalue weighted by atomic mass is 9.79. The smallest absolute Gasteiger partial charge is 0.0901 e. The van der Waals surface area contributed by atoms with E-state index in [1.165, 1.54) is 0 Å². The molecule has 0 spiro atoms. The second-order valence-corrected chi connectivity index (χ2v) is 4.92. The molecule has 0 bridgehead atoms. The summed E-state index contributed by atoms with van der Waals surface area (Å²) in [5.74, 6) is 0.314. The zero-order chi connectivity index (χ0) is 12.2. The lowest BCUT2D eigenvalue weighted by Gasteiger charge is -2.44. The van der Waals surface area contributed by atoms with E-state index in [4.69, 9.17) is 15.2 Å². The Morgan fingerprint density at radius 2 is 2.31 bits per heavy atom. The third-order valence-corrected chi connectivity index (χ3v) is 3.56. The molecule has 1 fully saturated rings. The van der Waals surface area contributed by atoms with Gasteiger partial charge in [-0.3, -0.25) is 0 Å². The molecule has 94 valence electrons. The quantitative estimate of drug-likeness (QED) is 0.732. The maximum atomic E-state index is 6.21. The van der Waals surface area contributed by atoms with Crippen molar-refractivity contribution < 1.29 is 9.47 Å². The summed E-state index contributed by atoms with van der Waals surface area (Å²) in [6, 6.07) is 0.150. The van der Waals surface area contributed by atoms with Crippen molar-refractivity contribution in [2.24, 2.45) is 11.7 Å². The van der Waals surface area contributed by atoms with Gasteiger partial charge in [-0.25, -0.2) is 0 Å². The van der Waals surface area contributed by atoms with Crippen LogP contribution in [0.5, 0.6) is 0 Å². The highest BCUT2D eigenvalue weighted by Crippen LogP contribution is 2.36. The second kappa shape index (κ2) is 5.80. The van der Waals surface area contributed by atoms with Crippen molar-refractivity contribution in [1.29, 1.82) is 0 Å². The highest BCUT2D eigenvalue weighted by molar-refractivity contribution is 5.13. The van der Waals surface area contributed by atoms with E-state index in [0.717, 1.165) is 24.8 Å². The first kappa shape index (κ1) is 13.7. The minimum absolute atomic E-state index is 0.150. The van der Waals surface area contributed by atoms with E-state index in [-0.39, 0.29) is 11.6 Å². The molecule has 0 radical (unpaired) electrons. The molecule has 16 heavy (non-hydrogen) atoms. The molecule has 3 heteroatoms. The molecular formula is C13H25NO2. The minimum Gasteiger partial charge on any atom is -0.384 e. The number of hydrogen-bond donors (Lipinski definition) is 1. The SMILES string of the molecule is C=C(C)C1(CCC)CC(N)C(COC)CO1. The fourth-order valence-corrected chi connectivity index (χ4v) is 2.47. The maximum absolute atomic E-state index is 6.21. The fourth-order valence-electron chi connectivity index (χ4n) is 2.47. The van der Waals surface area contributed by atoms with E-state index < -0.39 is 0 Å². The van der Waals surface area contributed by atoms with Crippen LogP contribution >= 0.6 is 0 Å². The summed E-state index contributed by atoms with van der Waals surface area (Å²) in [5.41, 5.74) is 7.11. The van der Waals surface area contributed by atoms with Gasteiger partial charge in [0, 0.05) is 19.1 Å². The molecule has 0 amide bonds. The molecule has 1 aliphatic rings.